The highest BCUT2D eigenvalue weighted by atomic mass is 32.1. The first kappa shape index (κ1) is 25.9. The lowest BCUT2D eigenvalue weighted by Crippen LogP contribution is -2.23. The fourth-order valence-electron chi connectivity index (χ4n) is 3.67. The number of rotatable bonds is 7. The summed E-state index contributed by atoms with van der Waals surface area (Å²) in [7, 11) is 1.40. The number of pyridine rings is 1. The second kappa shape index (κ2) is 10.5. The molecule has 39 heavy (non-hydrogen) atoms. The second-order valence-corrected chi connectivity index (χ2v) is 9.08. The standard InChI is InChI=1S/C26H18F3N5O4S/c1-37-20-12-15(13-21-24(36)34-25(39-21)32-23(33-34)16-8-10-30-11-9-16)6-7-19(20)38-14-22(35)31-18-5-3-2-4-17(18)26(27,28)29/h2-13H,14H2,1H3,(H,31,35)/b21-13-. The summed E-state index contributed by atoms with van der Waals surface area (Å²) >= 11 is 1.17. The molecule has 0 aliphatic carbocycles. The van der Waals surface area contributed by atoms with E-state index in [1.54, 1.807) is 42.7 Å². The van der Waals surface area contributed by atoms with Crippen LogP contribution in [0.1, 0.15) is 11.1 Å². The van der Waals surface area contributed by atoms with Crippen LogP contribution >= 0.6 is 11.3 Å². The Hall–Kier alpha value is -4.78. The average Bonchev–Trinajstić information content (AvgIpc) is 3.47. The van der Waals surface area contributed by atoms with E-state index >= 15 is 0 Å². The zero-order chi connectivity index (χ0) is 27.6. The molecule has 0 aliphatic heterocycles. The van der Waals surface area contributed by atoms with E-state index in [1.165, 1.54) is 41.2 Å². The van der Waals surface area contributed by atoms with E-state index in [0.717, 1.165) is 17.7 Å². The van der Waals surface area contributed by atoms with Gasteiger partial charge in [-0.3, -0.25) is 14.6 Å². The Morgan fingerprint density at radius 1 is 1.10 bits per heavy atom. The molecule has 5 rings (SSSR count). The second-order valence-electron chi connectivity index (χ2n) is 8.07. The van der Waals surface area contributed by atoms with Crippen LogP contribution in [-0.4, -0.2) is 39.2 Å². The Morgan fingerprint density at radius 2 is 1.87 bits per heavy atom. The molecule has 198 valence electrons. The third-order valence-corrected chi connectivity index (χ3v) is 6.43. The molecule has 9 nitrogen and oxygen atoms in total. The Bertz CT molecular complexity index is 1770. The molecule has 13 heteroatoms. The van der Waals surface area contributed by atoms with Crippen molar-refractivity contribution in [2.24, 2.45) is 0 Å². The molecule has 0 fully saturated rings. The summed E-state index contributed by atoms with van der Waals surface area (Å²) in [5.41, 5.74) is -0.312. The molecule has 3 heterocycles. The average molecular weight is 554 g/mol. The minimum Gasteiger partial charge on any atom is -0.493 e. The molecule has 0 saturated heterocycles. The van der Waals surface area contributed by atoms with E-state index in [1.807, 2.05) is 0 Å². The maximum atomic E-state index is 13.2. The highest BCUT2D eigenvalue weighted by Crippen LogP contribution is 2.34. The van der Waals surface area contributed by atoms with Gasteiger partial charge in [-0.25, -0.2) is 0 Å². The van der Waals surface area contributed by atoms with Crippen LogP contribution in [0.5, 0.6) is 11.5 Å². The first-order valence-corrected chi connectivity index (χ1v) is 12.1. The Kier molecular flexibility index (Phi) is 6.98. The van der Waals surface area contributed by atoms with Gasteiger partial charge in [-0.05, 0) is 48.0 Å². The summed E-state index contributed by atoms with van der Waals surface area (Å²) in [5.74, 6) is 0.0994. The largest absolute Gasteiger partial charge is 0.493 e. The number of benzene rings is 2. The van der Waals surface area contributed by atoms with Gasteiger partial charge in [0.25, 0.3) is 11.5 Å². The van der Waals surface area contributed by atoms with E-state index in [2.05, 4.69) is 20.4 Å². The molecule has 0 spiro atoms. The third kappa shape index (κ3) is 5.57. The lowest BCUT2D eigenvalue weighted by Gasteiger charge is -2.14. The summed E-state index contributed by atoms with van der Waals surface area (Å²) in [5, 5.41) is 6.51. The smallest absolute Gasteiger partial charge is 0.418 e. The van der Waals surface area contributed by atoms with Gasteiger partial charge < -0.3 is 14.8 Å². The molecule has 0 saturated carbocycles. The van der Waals surface area contributed by atoms with Crippen LogP contribution in [0.15, 0.2) is 71.8 Å². The van der Waals surface area contributed by atoms with Gasteiger partial charge in [-0.15, -0.1) is 5.10 Å². The molecule has 3 aromatic heterocycles. The number of alkyl halides is 3. The number of halogens is 3. The number of amides is 1. The Morgan fingerprint density at radius 3 is 2.59 bits per heavy atom. The number of aromatic nitrogens is 4. The first-order chi connectivity index (χ1) is 18.7. The fraction of sp³-hybridized carbons (Fsp3) is 0.115. The summed E-state index contributed by atoms with van der Waals surface area (Å²) in [6.45, 7) is -0.552. The van der Waals surface area contributed by atoms with E-state index in [0.29, 0.717) is 20.9 Å². The molecule has 5 aromatic rings. The maximum absolute atomic E-state index is 13.2. The number of para-hydroxylation sites is 1. The van der Waals surface area contributed by atoms with Crippen LogP contribution < -0.4 is 24.9 Å². The molecule has 2 aromatic carbocycles. The molecule has 0 unspecified atom stereocenters. The normalized spacial score (nSPS) is 12.1. The number of hydrogen-bond donors (Lipinski definition) is 1. The van der Waals surface area contributed by atoms with Crippen molar-refractivity contribution in [2.45, 2.75) is 6.18 Å². The molecule has 1 amide bonds. The molecular weight excluding hydrogens is 535 g/mol. The number of thiazole rings is 1. The summed E-state index contributed by atoms with van der Waals surface area (Å²) in [4.78, 5) is 34.0. The molecule has 0 atom stereocenters. The van der Waals surface area contributed by atoms with Crippen molar-refractivity contribution in [3.05, 3.63) is 93.0 Å². The lowest BCUT2D eigenvalue weighted by molar-refractivity contribution is -0.137. The van der Waals surface area contributed by atoms with Crippen LogP contribution in [0.3, 0.4) is 0 Å². The molecule has 0 bridgehead atoms. The first-order valence-electron chi connectivity index (χ1n) is 11.3. The topological polar surface area (TPSA) is 108 Å². The Labute approximate surface area is 222 Å². The summed E-state index contributed by atoms with van der Waals surface area (Å²) < 4.78 is 52.0. The monoisotopic (exact) mass is 553 g/mol. The maximum Gasteiger partial charge on any atom is 0.418 e. The van der Waals surface area contributed by atoms with Gasteiger partial charge in [-0.1, -0.05) is 29.5 Å². The zero-order valence-electron chi connectivity index (χ0n) is 20.1. The molecule has 0 radical (unpaired) electrons. The number of nitrogens with one attached hydrogen (secondary N) is 1. The zero-order valence-corrected chi connectivity index (χ0v) is 20.9. The van der Waals surface area contributed by atoms with Gasteiger partial charge in [0.1, 0.15) is 0 Å². The van der Waals surface area contributed by atoms with E-state index < -0.39 is 24.3 Å². The van der Waals surface area contributed by atoms with E-state index in [-0.39, 0.29) is 22.7 Å². The number of hydrogen-bond acceptors (Lipinski definition) is 8. The van der Waals surface area contributed by atoms with Crippen molar-refractivity contribution in [1.82, 2.24) is 19.6 Å². The van der Waals surface area contributed by atoms with Gasteiger partial charge in [0, 0.05) is 18.0 Å². The van der Waals surface area contributed by atoms with Crippen LogP contribution in [-0.2, 0) is 11.0 Å². The van der Waals surface area contributed by atoms with E-state index in [9.17, 15) is 22.8 Å². The molecular formula is C26H18F3N5O4S. The van der Waals surface area contributed by atoms with Crippen LogP contribution in [0.2, 0.25) is 0 Å². The highest BCUT2D eigenvalue weighted by Gasteiger charge is 2.33. The van der Waals surface area contributed by atoms with Crippen LogP contribution in [0, 0.1) is 0 Å². The predicted molar refractivity (Wildman–Crippen MR) is 138 cm³/mol. The Balaban J connectivity index is 1.32. The number of fused-ring (bicyclic) bond motifs is 1. The number of ether oxygens (including phenoxy) is 2. The number of methoxy groups -OCH3 is 1. The number of carbonyl (C=O) groups excluding carboxylic acids is 1. The summed E-state index contributed by atoms with van der Waals surface area (Å²) in [6.07, 6.45) is 0.250. The van der Waals surface area contributed by atoms with E-state index in [4.69, 9.17) is 9.47 Å². The lowest BCUT2D eigenvalue weighted by atomic mass is 10.1. The van der Waals surface area contributed by atoms with Crippen molar-refractivity contribution in [3.63, 3.8) is 0 Å². The highest BCUT2D eigenvalue weighted by molar-refractivity contribution is 7.15. The van der Waals surface area contributed by atoms with Gasteiger partial charge in [-0.2, -0.15) is 22.7 Å². The van der Waals surface area contributed by atoms with Crippen LogP contribution in [0.4, 0.5) is 18.9 Å². The van der Waals surface area contributed by atoms with Gasteiger partial charge in [0.15, 0.2) is 23.9 Å². The van der Waals surface area contributed by atoms with Crippen molar-refractivity contribution in [3.8, 4) is 22.9 Å². The molecule has 1 N–H and O–H groups in total. The van der Waals surface area contributed by atoms with Crippen molar-refractivity contribution in [1.29, 1.82) is 0 Å². The fourth-order valence-corrected chi connectivity index (χ4v) is 4.58. The van der Waals surface area contributed by atoms with Crippen molar-refractivity contribution >= 4 is 34.0 Å². The molecule has 0 aliphatic rings. The minimum atomic E-state index is -4.62. The van der Waals surface area contributed by atoms with Crippen molar-refractivity contribution < 1.29 is 27.4 Å². The number of carbonyl (C=O) groups is 1. The minimum absolute atomic E-state index is 0.195. The van der Waals surface area contributed by atoms with Gasteiger partial charge >= 0.3 is 6.18 Å². The van der Waals surface area contributed by atoms with Gasteiger partial charge in [0.05, 0.1) is 22.9 Å². The third-order valence-electron chi connectivity index (χ3n) is 5.47. The number of anilines is 1. The van der Waals surface area contributed by atoms with Crippen molar-refractivity contribution in [2.75, 3.05) is 19.0 Å². The quantitative estimate of drug-likeness (QED) is 0.327. The predicted octanol–water partition coefficient (Wildman–Crippen LogP) is 3.81. The summed E-state index contributed by atoms with van der Waals surface area (Å²) in [6, 6.07) is 12.9. The van der Waals surface area contributed by atoms with Crippen LogP contribution in [0.25, 0.3) is 22.4 Å². The number of nitrogens with zero attached hydrogens (tertiary/aromatic N) is 4. The SMILES string of the molecule is COc1cc(/C=c2\sc3nc(-c4ccncc4)nn3c2=O)ccc1OCC(=O)Nc1ccccc1C(F)(F)F. The van der Waals surface area contributed by atoms with Gasteiger partial charge in [0.2, 0.25) is 4.96 Å².